The van der Waals surface area contributed by atoms with Crippen molar-refractivity contribution in [3.8, 4) is 0 Å². The summed E-state index contributed by atoms with van der Waals surface area (Å²) in [5.41, 5.74) is 6.64. The van der Waals surface area contributed by atoms with Gasteiger partial charge < -0.3 is 10.7 Å². The van der Waals surface area contributed by atoms with Gasteiger partial charge in [0, 0.05) is 18.6 Å². The summed E-state index contributed by atoms with van der Waals surface area (Å²) < 4.78 is 0. The van der Waals surface area contributed by atoms with E-state index in [1.165, 1.54) is 0 Å². The number of allylic oxidation sites excluding steroid dienone is 1. The third-order valence-electron chi connectivity index (χ3n) is 1.80. The first-order valence-electron chi connectivity index (χ1n) is 4.72. The minimum atomic E-state index is 0.745. The second kappa shape index (κ2) is 6.43. The molecular formula is C12H15N3. The second-order valence-electron chi connectivity index (χ2n) is 2.93. The van der Waals surface area contributed by atoms with Crippen molar-refractivity contribution < 1.29 is 0 Å². The molecule has 0 aromatic carbocycles. The summed E-state index contributed by atoms with van der Waals surface area (Å²) in [5.74, 6) is 0.745. The van der Waals surface area contributed by atoms with Crippen molar-refractivity contribution in [2.45, 2.75) is 6.42 Å². The zero-order chi connectivity index (χ0) is 10.9. The summed E-state index contributed by atoms with van der Waals surface area (Å²) in [4.78, 5) is 6.67. The first kappa shape index (κ1) is 11.0. The minimum absolute atomic E-state index is 0.745. The van der Waals surface area contributed by atoms with Gasteiger partial charge in [-0.3, -0.25) is 4.98 Å². The Bertz CT molecular complexity index is 352. The van der Waals surface area contributed by atoms with Gasteiger partial charge in [0.15, 0.2) is 0 Å². The molecule has 0 unspecified atom stereocenters. The quantitative estimate of drug-likeness (QED) is 0.733. The molecule has 3 heteroatoms. The molecule has 3 nitrogen and oxygen atoms in total. The van der Waals surface area contributed by atoms with Gasteiger partial charge in [-0.05, 0) is 30.2 Å². The highest BCUT2D eigenvalue weighted by Gasteiger charge is 1.93. The van der Waals surface area contributed by atoms with Gasteiger partial charge in [-0.15, -0.1) is 6.58 Å². The summed E-state index contributed by atoms with van der Waals surface area (Å²) in [7, 11) is 0. The largest absolute Gasteiger partial charge is 0.385 e. The van der Waals surface area contributed by atoms with E-state index < -0.39 is 0 Å². The summed E-state index contributed by atoms with van der Waals surface area (Å²) in [5, 5.41) is 0. The Morgan fingerprint density at radius 3 is 2.40 bits per heavy atom. The molecule has 15 heavy (non-hydrogen) atoms. The fraction of sp³-hybridized carbons (Fsp3) is 0.0833. The van der Waals surface area contributed by atoms with Crippen LogP contribution in [-0.4, -0.2) is 9.97 Å². The standard InChI is InChI=1S/C7H10N2.C5H5N/c1-2-3-6-4-5-9-7(6)8;1-2-4-6-5-3-1/h2,4-5,9H,1,3,8H2;1-5H. The lowest BCUT2D eigenvalue weighted by Gasteiger charge is -1.90. The first-order valence-corrected chi connectivity index (χ1v) is 4.72. The first-order chi connectivity index (χ1) is 7.34. The number of nitrogen functional groups attached to an aromatic ring is 1. The Morgan fingerprint density at radius 1 is 1.33 bits per heavy atom. The van der Waals surface area contributed by atoms with Crippen molar-refractivity contribution in [2.24, 2.45) is 0 Å². The monoisotopic (exact) mass is 201 g/mol. The van der Waals surface area contributed by atoms with Crippen LogP contribution in [0.15, 0.2) is 55.5 Å². The summed E-state index contributed by atoms with van der Waals surface area (Å²) in [6, 6.07) is 7.67. The van der Waals surface area contributed by atoms with Gasteiger partial charge in [0.2, 0.25) is 0 Å². The Morgan fingerprint density at radius 2 is 2.07 bits per heavy atom. The lowest BCUT2D eigenvalue weighted by molar-refractivity contribution is 1.28. The zero-order valence-electron chi connectivity index (χ0n) is 8.56. The van der Waals surface area contributed by atoms with E-state index in [1.54, 1.807) is 12.4 Å². The molecule has 0 radical (unpaired) electrons. The third-order valence-corrected chi connectivity index (χ3v) is 1.80. The van der Waals surface area contributed by atoms with Gasteiger partial charge in [0.25, 0.3) is 0 Å². The van der Waals surface area contributed by atoms with Gasteiger partial charge in [0.1, 0.15) is 5.82 Å². The molecule has 0 aliphatic carbocycles. The van der Waals surface area contributed by atoms with Gasteiger partial charge in [-0.25, -0.2) is 0 Å². The fourth-order valence-corrected chi connectivity index (χ4v) is 1.06. The van der Waals surface area contributed by atoms with Gasteiger partial charge in [-0.1, -0.05) is 12.1 Å². The topological polar surface area (TPSA) is 54.7 Å². The van der Waals surface area contributed by atoms with Crippen LogP contribution in [0.4, 0.5) is 5.82 Å². The predicted octanol–water partition coefficient (Wildman–Crippen LogP) is 2.41. The summed E-state index contributed by atoms with van der Waals surface area (Å²) >= 11 is 0. The van der Waals surface area contributed by atoms with E-state index >= 15 is 0 Å². The number of nitrogens with two attached hydrogens (primary N) is 1. The Labute approximate surface area is 89.7 Å². The number of pyridine rings is 1. The maximum absolute atomic E-state index is 5.52. The van der Waals surface area contributed by atoms with Crippen LogP contribution in [-0.2, 0) is 6.42 Å². The van der Waals surface area contributed by atoms with E-state index in [1.807, 2.05) is 36.5 Å². The van der Waals surface area contributed by atoms with Crippen molar-refractivity contribution in [1.82, 2.24) is 9.97 Å². The molecule has 2 rings (SSSR count). The van der Waals surface area contributed by atoms with Crippen LogP contribution in [0.3, 0.4) is 0 Å². The Kier molecular flexibility index (Phi) is 4.73. The number of nitrogens with zero attached hydrogens (tertiary/aromatic N) is 1. The van der Waals surface area contributed by atoms with Gasteiger partial charge >= 0.3 is 0 Å². The zero-order valence-corrected chi connectivity index (χ0v) is 8.56. The number of anilines is 1. The maximum atomic E-state index is 5.52. The molecule has 0 saturated heterocycles. The van der Waals surface area contributed by atoms with Gasteiger partial charge in [0.05, 0.1) is 0 Å². The third kappa shape index (κ3) is 4.13. The number of rotatable bonds is 2. The average Bonchev–Trinajstić information content (AvgIpc) is 2.69. The van der Waals surface area contributed by atoms with Gasteiger partial charge in [-0.2, -0.15) is 0 Å². The van der Waals surface area contributed by atoms with E-state index in [4.69, 9.17) is 5.73 Å². The molecular weight excluding hydrogens is 186 g/mol. The average molecular weight is 201 g/mol. The molecule has 0 aliphatic rings. The number of H-pyrrole nitrogens is 1. The highest BCUT2D eigenvalue weighted by molar-refractivity contribution is 5.40. The molecule has 78 valence electrons. The maximum Gasteiger partial charge on any atom is 0.104 e. The van der Waals surface area contributed by atoms with Crippen molar-refractivity contribution in [1.29, 1.82) is 0 Å². The van der Waals surface area contributed by atoms with Crippen LogP contribution in [0.1, 0.15) is 5.56 Å². The molecule has 0 spiro atoms. The van der Waals surface area contributed by atoms with E-state index in [-0.39, 0.29) is 0 Å². The number of hydrogen-bond donors (Lipinski definition) is 2. The fourth-order valence-electron chi connectivity index (χ4n) is 1.06. The molecule has 0 aliphatic heterocycles. The van der Waals surface area contributed by atoms with E-state index in [0.717, 1.165) is 17.8 Å². The Balaban J connectivity index is 0.000000162. The van der Waals surface area contributed by atoms with E-state index in [9.17, 15) is 0 Å². The number of nitrogens with one attached hydrogen (secondary N) is 1. The highest BCUT2D eigenvalue weighted by Crippen LogP contribution is 2.08. The SMILES string of the molecule is C=CCc1cc[nH]c1N.c1ccncc1. The molecule has 2 aromatic heterocycles. The molecule has 3 N–H and O–H groups in total. The molecule has 0 saturated carbocycles. The molecule has 0 fully saturated rings. The molecule has 0 amide bonds. The smallest absolute Gasteiger partial charge is 0.104 e. The lowest BCUT2D eigenvalue weighted by Crippen LogP contribution is -1.88. The highest BCUT2D eigenvalue weighted by atomic mass is 14.8. The summed E-state index contributed by atoms with van der Waals surface area (Å²) in [6.45, 7) is 3.61. The number of aromatic amines is 1. The van der Waals surface area contributed by atoms with Crippen LogP contribution in [0, 0.1) is 0 Å². The van der Waals surface area contributed by atoms with Crippen LogP contribution >= 0.6 is 0 Å². The van der Waals surface area contributed by atoms with E-state index in [2.05, 4.69) is 16.5 Å². The second-order valence-corrected chi connectivity index (χ2v) is 2.93. The van der Waals surface area contributed by atoms with Crippen molar-refractivity contribution in [2.75, 3.05) is 5.73 Å². The normalized spacial score (nSPS) is 8.80. The predicted molar refractivity (Wildman–Crippen MR) is 63.3 cm³/mol. The molecule has 2 heterocycles. The molecule has 0 atom stereocenters. The number of aromatic nitrogens is 2. The lowest BCUT2D eigenvalue weighted by atomic mass is 10.2. The van der Waals surface area contributed by atoms with Crippen molar-refractivity contribution in [3.63, 3.8) is 0 Å². The minimum Gasteiger partial charge on any atom is -0.385 e. The number of hydrogen-bond acceptors (Lipinski definition) is 2. The van der Waals surface area contributed by atoms with Crippen LogP contribution < -0.4 is 5.73 Å². The van der Waals surface area contributed by atoms with Crippen molar-refractivity contribution >= 4 is 5.82 Å². The van der Waals surface area contributed by atoms with Crippen LogP contribution in [0.25, 0.3) is 0 Å². The van der Waals surface area contributed by atoms with Crippen molar-refractivity contribution in [3.05, 3.63) is 61.1 Å². The molecule has 2 aromatic rings. The summed E-state index contributed by atoms with van der Waals surface area (Å²) in [6.07, 6.45) is 8.00. The molecule has 0 bridgehead atoms. The Hall–Kier alpha value is -2.03. The van der Waals surface area contributed by atoms with Crippen LogP contribution in [0.2, 0.25) is 0 Å². The van der Waals surface area contributed by atoms with Crippen LogP contribution in [0.5, 0.6) is 0 Å². The van der Waals surface area contributed by atoms with E-state index in [0.29, 0.717) is 0 Å².